The number of carbonyl (C=O) groups is 2. The predicted molar refractivity (Wildman–Crippen MR) is 83.2 cm³/mol. The maximum Gasteiger partial charge on any atom is 0.228 e. The SMILES string of the molecule is CC1CCC(CO)CN1C(=O)C1CC(=O)N(Cc2ccco2)C1. The Kier molecular flexibility index (Phi) is 4.71. The molecule has 2 saturated heterocycles. The Morgan fingerprint density at radius 3 is 2.91 bits per heavy atom. The van der Waals surface area contributed by atoms with Crippen LogP contribution in [0.15, 0.2) is 22.8 Å². The van der Waals surface area contributed by atoms with E-state index in [2.05, 4.69) is 0 Å². The summed E-state index contributed by atoms with van der Waals surface area (Å²) in [6.07, 6.45) is 3.72. The summed E-state index contributed by atoms with van der Waals surface area (Å²) < 4.78 is 5.28. The molecule has 0 aromatic carbocycles. The lowest BCUT2D eigenvalue weighted by Crippen LogP contribution is -2.49. The van der Waals surface area contributed by atoms with Gasteiger partial charge in [-0.3, -0.25) is 9.59 Å². The van der Waals surface area contributed by atoms with Crippen LogP contribution in [0.5, 0.6) is 0 Å². The first kappa shape index (κ1) is 16.1. The molecule has 0 aliphatic carbocycles. The van der Waals surface area contributed by atoms with Gasteiger partial charge in [0, 0.05) is 32.2 Å². The van der Waals surface area contributed by atoms with E-state index in [1.165, 1.54) is 0 Å². The number of furan rings is 1. The van der Waals surface area contributed by atoms with Crippen LogP contribution in [0.25, 0.3) is 0 Å². The van der Waals surface area contributed by atoms with Crippen LogP contribution in [0.2, 0.25) is 0 Å². The zero-order chi connectivity index (χ0) is 16.4. The van der Waals surface area contributed by atoms with Crippen LogP contribution in [0, 0.1) is 11.8 Å². The predicted octanol–water partition coefficient (Wildman–Crippen LogP) is 1.25. The smallest absolute Gasteiger partial charge is 0.228 e. The second-order valence-corrected chi connectivity index (χ2v) is 6.72. The molecule has 6 nitrogen and oxygen atoms in total. The molecule has 1 aromatic rings. The third-order valence-electron chi connectivity index (χ3n) is 5.01. The van der Waals surface area contributed by atoms with Crippen molar-refractivity contribution in [3.8, 4) is 0 Å². The van der Waals surface area contributed by atoms with Gasteiger partial charge in [-0.05, 0) is 37.8 Å². The number of likely N-dealkylation sites (tertiary alicyclic amines) is 2. The van der Waals surface area contributed by atoms with Gasteiger partial charge in [-0.15, -0.1) is 0 Å². The van der Waals surface area contributed by atoms with E-state index in [9.17, 15) is 14.7 Å². The Morgan fingerprint density at radius 2 is 2.22 bits per heavy atom. The minimum Gasteiger partial charge on any atom is -0.467 e. The minimum atomic E-state index is -0.280. The molecule has 3 heterocycles. The number of nitrogens with zero attached hydrogens (tertiary/aromatic N) is 2. The highest BCUT2D eigenvalue weighted by molar-refractivity contribution is 5.89. The lowest BCUT2D eigenvalue weighted by atomic mass is 9.92. The first-order valence-corrected chi connectivity index (χ1v) is 8.30. The number of hydrogen-bond donors (Lipinski definition) is 1. The van der Waals surface area contributed by atoms with E-state index < -0.39 is 0 Å². The summed E-state index contributed by atoms with van der Waals surface area (Å²) in [5, 5.41) is 9.36. The van der Waals surface area contributed by atoms with E-state index in [1.54, 1.807) is 17.2 Å². The third kappa shape index (κ3) is 3.42. The van der Waals surface area contributed by atoms with Gasteiger partial charge in [0.05, 0.1) is 18.7 Å². The van der Waals surface area contributed by atoms with Crippen molar-refractivity contribution in [2.45, 2.75) is 38.8 Å². The van der Waals surface area contributed by atoms with E-state index in [4.69, 9.17) is 4.42 Å². The van der Waals surface area contributed by atoms with Gasteiger partial charge in [-0.1, -0.05) is 0 Å². The Bertz CT molecular complexity index is 557. The maximum absolute atomic E-state index is 12.8. The van der Waals surface area contributed by atoms with E-state index >= 15 is 0 Å². The first-order valence-electron chi connectivity index (χ1n) is 8.30. The first-order chi connectivity index (χ1) is 11.1. The average Bonchev–Trinajstić information content (AvgIpc) is 3.18. The summed E-state index contributed by atoms with van der Waals surface area (Å²) in [7, 11) is 0. The van der Waals surface area contributed by atoms with Crippen molar-refractivity contribution in [2.75, 3.05) is 19.7 Å². The fourth-order valence-corrected chi connectivity index (χ4v) is 3.55. The van der Waals surface area contributed by atoms with Crippen molar-refractivity contribution in [3.63, 3.8) is 0 Å². The Balaban J connectivity index is 1.62. The van der Waals surface area contributed by atoms with Gasteiger partial charge in [0.1, 0.15) is 5.76 Å². The molecule has 2 aliphatic heterocycles. The largest absolute Gasteiger partial charge is 0.467 e. The lowest BCUT2D eigenvalue weighted by Gasteiger charge is -2.38. The molecule has 23 heavy (non-hydrogen) atoms. The highest BCUT2D eigenvalue weighted by Crippen LogP contribution is 2.27. The van der Waals surface area contributed by atoms with Gasteiger partial charge in [0.2, 0.25) is 11.8 Å². The van der Waals surface area contributed by atoms with Gasteiger partial charge >= 0.3 is 0 Å². The Hall–Kier alpha value is -1.82. The molecular formula is C17H24N2O4. The summed E-state index contributed by atoms with van der Waals surface area (Å²) in [6, 6.07) is 3.81. The molecule has 0 bridgehead atoms. The molecule has 6 heteroatoms. The zero-order valence-electron chi connectivity index (χ0n) is 13.5. The molecule has 126 valence electrons. The van der Waals surface area contributed by atoms with Crippen LogP contribution >= 0.6 is 0 Å². The molecule has 2 fully saturated rings. The second kappa shape index (κ2) is 6.74. The van der Waals surface area contributed by atoms with Gasteiger partial charge in [0.25, 0.3) is 0 Å². The number of rotatable bonds is 4. The van der Waals surface area contributed by atoms with Gasteiger partial charge in [-0.25, -0.2) is 0 Å². The molecule has 1 N–H and O–H groups in total. The number of piperidine rings is 1. The third-order valence-corrected chi connectivity index (χ3v) is 5.01. The normalized spacial score (nSPS) is 28.4. The molecule has 0 saturated carbocycles. The van der Waals surface area contributed by atoms with Crippen LogP contribution in [0.1, 0.15) is 31.9 Å². The van der Waals surface area contributed by atoms with Crippen LogP contribution in [0.3, 0.4) is 0 Å². The van der Waals surface area contributed by atoms with E-state index in [1.807, 2.05) is 17.9 Å². The fourth-order valence-electron chi connectivity index (χ4n) is 3.55. The summed E-state index contributed by atoms with van der Waals surface area (Å²) in [6.45, 7) is 3.63. The molecular weight excluding hydrogens is 296 g/mol. The van der Waals surface area contributed by atoms with Crippen LogP contribution in [0.4, 0.5) is 0 Å². The van der Waals surface area contributed by atoms with Crippen molar-refractivity contribution in [1.82, 2.24) is 9.80 Å². The van der Waals surface area contributed by atoms with Crippen LogP contribution < -0.4 is 0 Å². The van der Waals surface area contributed by atoms with Crippen LogP contribution in [-0.2, 0) is 16.1 Å². The average molecular weight is 320 g/mol. The summed E-state index contributed by atoms with van der Waals surface area (Å²) >= 11 is 0. The molecule has 2 amide bonds. The molecule has 3 atom stereocenters. The zero-order valence-corrected chi connectivity index (χ0v) is 13.5. The quantitative estimate of drug-likeness (QED) is 0.906. The number of aliphatic hydroxyl groups excluding tert-OH is 1. The number of aliphatic hydroxyl groups is 1. The Morgan fingerprint density at radius 1 is 1.39 bits per heavy atom. The standard InChI is InChI=1S/C17H24N2O4/c1-12-4-5-13(11-20)8-19(12)17(22)14-7-16(21)18(9-14)10-15-3-2-6-23-15/h2-3,6,12-14,20H,4-5,7-11H2,1H3. The van der Waals surface area contributed by atoms with E-state index in [-0.39, 0.29) is 42.7 Å². The van der Waals surface area contributed by atoms with Gasteiger partial charge in [-0.2, -0.15) is 0 Å². The topological polar surface area (TPSA) is 74.0 Å². The van der Waals surface area contributed by atoms with E-state index in [0.29, 0.717) is 19.6 Å². The summed E-state index contributed by atoms with van der Waals surface area (Å²) in [5.41, 5.74) is 0. The second-order valence-electron chi connectivity index (χ2n) is 6.72. The fraction of sp³-hybridized carbons (Fsp3) is 0.647. The molecule has 0 radical (unpaired) electrons. The van der Waals surface area contributed by atoms with E-state index in [0.717, 1.165) is 18.6 Å². The number of amides is 2. The Labute approximate surface area is 136 Å². The molecule has 1 aromatic heterocycles. The van der Waals surface area contributed by atoms with Crippen molar-refractivity contribution < 1.29 is 19.1 Å². The monoisotopic (exact) mass is 320 g/mol. The minimum absolute atomic E-state index is 0.00289. The summed E-state index contributed by atoms with van der Waals surface area (Å²) in [5.74, 6) is 0.663. The van der Waals surface area contributed by atoms with Gasteiger partial charge < -0.3 is 19.3 Å². The van der Waals surface area contributed by atoms with Crippen LogP contribution in [-0.4, -0.2) is 52.5 Å². The highest BCUT2D eigenvalue weighted by Gasteiger charge is 2.39. The van der Waals surface area contributed by atoms with Crippen molar-refractivity contribution in [3.05, 3.63) is 24.2 Å². The molecule has 3 unspecified atom stereocenters. The number of carbonyl (C=O) groups excluding carboxylic acids is 2. The van der Waals surface area contributed by atoms with Crippen molar-refractivity contribution in [1.29, 1.82) is 0 Å². The van der Waals surface area contributed by atoms with Crippen molar-refractivity contribution in [2.24, 2.45) is 11.8 Å². The molecule has 3 rings (SSSR count). The summed E-state index contributed by atoms with van der Waals surface area (Å²) in [4.78, 5) is 28.5. The number of hydrogen-bond acceptors (Lipinski definition) is 4. The van der Waals surface area contributed by atoms with Gasteiger partial charge in [0.15, 0.2) is 0 Å². The highest BCUT2D eigenvalue weighted by atomic mass is 16.3. The van der Waals surface area contributed by atoms with Crippen molar-refractivity contribution >= 4 is 11.8 Å². The maximum atomic E-state index is 12.8. The molecule has 2 aliphatic rings. The lowest BCUT2D eigenvalue weighted by molar-refractivity contribution is -0.140. The molecule has 0 spiro atoms.